The van der Waals surface area contributed by atoms with E-state index >= 15 is 0 Å². The van der Waals surface area contributed by atoms with Gasteiger partial charge in [0.15, 0.2) is 0 Å². The molecule has 7 nitrogen and oxygen atoms in total. The van der Waals surface area contributed by atoms with Gasteiger partial charge in [0.25, 0.3) is 11.8 Å². The third kappa shape index (κ3) is 4.68. The first-order chi connectivity index (χ1) is 12.4. The number of nitrogens with two attached hydrogens (primary N) is 1. The molecule has 0 unspecified atom stereocenters. The van der Waals surface area contributed by atoms with E-state index in [0.717, 1.165) is 24.1 Å². The number of carbonyl (C=O) groups excluding carboxylic acids is 2. The summed E-state index contributed by atoms with van der Waals surface area (Å²) in [5.74, 6) is 0.0205. The van der Waals surface area contributed by atoms with Crippen LogP contribution in [-0.2, 0) is 11.2 Å². The van der Waals surface area contributed by atoms with Gasteiger partial charge in [-0.3, -0.25) is 9.59 Å². The first kappa shape index (κ1) is 19.6. The molecule has 1 aliphatic carbocycles. The van der Waals surface area contributed by atoms with E-state index in [4.69, 9.17) is 10.5 Å². The van der Waals surface area contributed by atoms with Crippen LogP contribution in [0.2, 0.25) is 0 Å². The summed E-state index contributed by atoms with van der Waals surface area (Å²) in [6.07, 6.45) is 2.72. The zero-order valence-electron chi connectivity index (χ0n) is 15.9. The number of ether oxygens (including phenoxy) is 1. The maximum absolute atomic E-state index is 12.2. The Morgan fingerprint density at radius 3 is 2.50 bits per heavy atom. The molecule has 0 spiro atoms. The van der Waals surface area contributed by atoms with Crippen molar-refractivity contribution in [1.29, 1.82) is 0 Å². The lowest BCUT2D eigenvalue weighted by Crippen LogP contribution is -2.32. The number of aryl methyl sites for hydroxylation is 1. The minimum Gasteiger partial charge on any atom is -0.496 e. The van der Waals surface area contributed by atoms with Crippen LogP contribution in [-0.4, -0.2) is 31.5 Å². The van der Waals surface area contributed by atoms with Crippen LogP contribution in [0.25, 0.3) is 0 Å². The van der Waals surface area contributed by atoms with Crippen LogP contribution < -0.4 is 26.4 Å². The number of benzene rings is 1. The predicted octanol–water partition coefficient (Wildman–Crippen LogP) is 1.89. The highest BCUT2D eigenvalue weighted by molar-refractivity contribution is 5.98. The van der Waals surface area contributed by atoms with Crippen LogP contribution in [0, 0.1) is 0 Å². The van der Waals surface area contributed by atoms with Crippen molar-refractivity contribution in [3.8, 4) is 5.75 Å². The Morgan fingerprint density at radius 1 is 1.27 bits per heavy atom. The third-order valence-corrected chi connectivity index (χ3v) is 4.27. The van der Waals surface area contributed by atoms with Crippen LogP contribution in [0.3, 0.4) is 0 Å². The molecule has 0 atom stereocenters. The van der Waals surface area contributed by atoms with Gasteiger partial charge in [0, 0.05) is 30.0 Å². The van der Waals surface area contributed by atoms with E-state index in [1.54, 1.807) is 19.1 Å². The molecule has 0 saturated heterocycles. The van der Waals surface area contributed by atoms with Gasteiger partial charge in [-0.05, 0) is 44.7 Å². The van der Waals surface area contributed by atoms with E-state index in [9.17, 15) is 9.59 Å². The number of anilines is 1. The molecule has 0 bridgehead atoms. The van der Waals surface area contributed by atoms with E-state index in [2.05, 4.69) is 16.0 Å². The summed E-state index contributed by atoms with van der Waals surface area (Å²) in [7, 11) is 1.52. The largest absolute Gasteiger partial charge is 0.496 e. The van der Waals surface area contributed by atoms with Crippen LogP contribution in [0.15, 0.2) is 23.5 Å². The zero-order valence-corrected chi connectivity index (χ0v) is 15.9. The summed E-state index contributed by atoms with van der Waals surface area (Å²) in [5, 5.41) is 8.84. The molecule has 1 aliphatic rings. The quantitative estimate of drug-likeness (QED) is 0.530. The molecule has 7 heteroatoms. The molecule has 0 aliphatic heterocycles. The summed E-state index contributed by atoms with van der Waals surface area (Å²) in [6.45, 7) is 6.16. The van der Waals surface area contributed by atoms with Crippen LogP contribution in [0.1, 0.15) is 49.5 Å². The minimum absolute atomic E-state index is 0.158. The molecule has 0 radical (unpaired) electrons. The monoisotopic (exact) mass is 360 g/mol. The second-order valence-corrected chi connectivity index (χ2v) is 6.33. The lowest BCUT2D eigenvalue weighted by molar-refractivity contribution is -0.117. The van der Waals surface area contributed by atoms with Crippen molar-refractivity contribution in [3.63, 3.8) is 0 Å². The summed E-state index contributed by atoms with van der Waals surface area (Å²) in [6, 6.07) is 3.82. The van der Waals surface area contributed by atoms with Crippen molar-refractivity contribution >= 4 is 17.5 Å². The Labute approximate surface area is 154 Å². The fraction of sp³-hybridized carbons (Fsp3) is 0.474. The smallest absolute Gasteiger partial charge is 0.269 e. The molecule has 2 amide bonds. The third-order valence-electron chi connectivity index (χ3n) is 4.27. The fourth-order valence-corrected chi connectivity index (χ4v) is 2.57. The summed E-state index contributed by atoms with van der Waals surface area (Å²) >= 11 is 0. The van der Waals surface area contributed by atoms with Crippen LogP contribution >= 0.6 is 0 Å². The molecule has 5 N–H and O–H groups in total. The number of amides is 2. The molecule has 142 valence electrons. The van der Waals surface area contributed by atoms with E-state index in [-0.39, 0.29) is 23.6 Å². The Morgan fingerprint density at radius 2 is 1.96 bits per heavy atom. The lowest BCUT2D eigenvalue weighted by Gasteiger charge is -2.17. The Hall–Kier alpha value is -2.70. The molecule has 1 aromatic carbocycles. The minimum atomic E-state index is -0.263. The van der Waals surface area contributed by atoms with Crippen molar-refractivity contribution in [2.75, 3.05) is 19.0 Å². The van der Waals surface area contributed by atoms with E-state index in [1.807, 2.05) is 13.8 Å². The second kappa shape index (κ2) is 8.60. The summed E-state index contributed by atoms with van der Waals surface area (Å²) in [5.41, 5.74) is 8.87. The van der Waals surface area contributed by atoms with E-state index in [0.29, 0.717) is 30.0 Å². The summed E-state index contributed by atoms with van der Waals surface area (Å²) in [4.78, 5) is 24.3. The van der Waals surface area contributed by atoms with Crippen molar-refractivity contribution in [2.45, 2.75) is 46.1 Å². The number of rotatable bonds is 8. The number of methoxy groups -OCH3 is 1. The first-order valence-electron chi connectivity index (χ1n) is 8.94. The molecule has 1 aromatic rings. The van der Waals surface area contributed by atoms with Gasteiger partial charge in [0.1, 0.15) is 11.4 Å². The van der Waals surface area contributed by atoms with Gasteiger partial charge in [0.2, 0.25) is 0 Å². The second-order valence-electron chi connectivity index (χ2n) is 6.33. The molecule has 26 heavy (non-hydrogen) atoms. The Bertz CT molecular complexity index is 724. The fourth-order valence-electron chi connectivity index (χ4n) is 2.57. The van der Waals surface area contributed by atoms with Gasteiger partial charge in [-0.25, -0.2) is 0 Å². The normalized spacial score (nSPS) is 14.3. The number of nitrogens with one attached hydrogen (secondary N) is 3. The van der Waals surface area contributed by atoms with Gasteiger partial charge in [-0.2, -0.15) is 0 Å². The topological polar surface area (TPSA) is 105 Å². The number of allylic oxidation sites excluding steroid dienone is 1. The average Bonchev–Trinajstić information content (AvgIpc) is 3.44. The maximum atomic E-state index is 12.2. The molecule has 1 fully saturated rings. The lowest BCUT2D eigenvalue weighted by atomic mass is 10.0. The van der Waals surface area contributed by atoms with Gasteiger partial charge in [0.05, 0.1) is 12.7 Å². The average molecular weight is 360 g/mol. The van der Waals surface area contributed by atoms with Gasteiger partial charge in [-0.15, -0.1) is 0 Å². The maximum Gasteiger partial charge on any atom is 0.269 e. The number of carbonyl (C=O) groups is 2. The molecule has 0 heterocycles. The molecule has 2 rings (SSSR count). The van der Waals surface area contributed by atoms with Crippen molar-refractivity contribution in [2.24, 2.45) is 5.73 Å². The molecular weight excluding hydrogens is 332 g/mol. The first-order valence-corrected chi connectivity index (χ1v) is 8.94. The predicted molar refractivity (Wildman–Crippen MR) is 102 cm³/mol. The summed E-state index contributed by atoms with van der Waals surface area (Å²) < 4.78 is 5.38. The van der Waals surface area contributed by atoms with Crippen LogP contribution in [0.4, 0.5) is 5.69 Å². The van der Waals surface area contributed by atoms with Crippen molar-refractivity contribution in [1.82, 2.24) is 10.6 Å². The standard InChI is InChI=1S/C19H28N4O3/c1-5-12-9-14(18(24)21-6-2)16(26-4)10-15(12)22-11(3)17(20)19(25)23-13-7-8-13/h9-10,13,22H,5-8,20H2,1-4H3,(H,21,24)(H,23,25)/b17-11-. The molecule has 1 saturated carbocycles. The van der Waals surface area contributed by atoms with E-state index < -0.39 is 0 Å². The Balaban J connectivity index is 2.29. The van der Waals surface area contributed by atoms with Gasteiger partial charge < -0.3 is 26.4 Å². The van der Waals surface area contributed by atoms with Crippen molar-refractivity contribution < 1.29 is 14.3 Å². The van der Waals surface area contributed by atoms with E-state index in [1.165, 1.54) is 7.11 Å². The highest BCUT2D eigenvalue weighted by Crippen LogP contribution is 2.29. The van der Waals surface area contributed by atoms with Crippen molar-refractivity contribution in [3.05, 3.63) is 34.7 Å². The number of hydrogen-bond acceptors (Lipinski definition) is 5. The highest BCUT2D eigenvalue weighted by Gasteiger charge is 2.25. The highest BCUT2D eigenvalue weighted by atomic mass is 16.5. The Kier molecular flexibility index (Phi) is 6.49. The zero-order chi connectivity index (χ0) is 19.3. The SMILES string of the molecule is CCNC(=O)c1cc(CC)c(N/C(C)=C(\N)C(=O)NC2CC2)cc1OC. The number of hydrogen-bond donors (Lipinski definition) is 4. The van der Waals surface area contributed by atoms with Gasteiger partial charge >= 0.3 is 0 Å². The van der Waals surface area contributed by atoms with Crippen LogP contribution in [0.5, 0.6) is 5.75 Å². The van der Waals surface area contributed by atoms with Gasteiger partial charge in [-0.1, -0.05) is 6.92 Å². The molecular formula is C19H28N4O3. The molecule has 0 aromatic heterocycles.